The number of ether oxygens (including phenoxy) is 1. The fraction of sp³-hybridized carbons (Fsp3) is 0.154. The molecule has 0 fully saturated rings. The summed E-state index contributed by atoms with van der Waals surface area (Å²) in [6.07, 6.45) is 1.61. The minimum absolute atomic E-state index is 0.153. The molecule has 0 bridgehead atoms. The summed E-state index contributed by atoms with van der Waals surface area (Å²) in [5.74, 6) is 0.740. The Kier molecular flexibility index (Phi) is 3.61. The molecule has 2 rings (SSSR count). The highest BCUT2D eigenvalue weighted by Gasteiger charge is 2.12. The molecule has 1 N–H and O–H groups in total. The number of rotatable bonds is 3. The Hall–Kier alpha value is -1.58. The topological polar surface area (TPSA) is 42.4 Å². The lowest BCUT2D eigenvalue weighted by Gasteiger charge is -2.12. The van der Waals surface area contributed by atoms with Crippen molar-refractivity contribution in [3.63, 3.8) is 0 Å². The molecule has 0 saturated heterocycles. The number of methoxy groups -OCH3 is 1. The summed E-state index contributed by atoms with van der Waals surface area (Å²) in [4.78, 5) is 3.96. The average Bonchev–Trinajstić information content (AvgIpc) is 2.38. The van der Waals surface area contributed by atoms with Crippen molar-refractivity contribution in [2.45, 2.75) is 6.61 Å². The lowest BCUT2D eigenvalue weighted by molar-refractivity contribution is 0.282. The van der Waals surface area contributed by atoms with E-state index in [-0.39, 0.29) is 6.61 Å². The van der Waals surface area contributed by atoms with E-state index in [4.69, 9.17) is 16.3 Å². The highest BCUT2D eigenvalue weighted by atomic mass is 35.5. The third-order valence-corrected chi connectivity index (χ3v) is 2.88. The number of pyridine rings is 1. The van der Waals surface area contributed by atoms with Crippen LogP contribution in [0.15, 0.2) is 36.5 Å². The van der Waals surface area contributed by atoms with Crippen molar-refractivity contribution in [2.75, 3.05) is 7.11 Å². The molecule has 3 nitrogen and oxygen atoms in total. The van der Waals surface area contributed by atoms with Gasteiger partial charge in [0.2, 0.25) is 0 Å². The van der Waals surface area contributed by atoms with Crippen LogP contribution >= 0.6 is 11.6 Å². The second-order valence-corrected chi connectivity index (χ2v) is 3.84. The second kappa shape index (κ2) is 5.17. The maximum absolute atomic E-state index is 9.36. The largest absolute Gasteiger partial charge is 0.496 e. The van der Waals surface area contributed by atoms with Crippen LogP contribution in [0.3, 0.4) is 0 Å². The van der Waals surface area contributed by atoms with E-state index in [1.807, 2.05) is 30.3 Å². The van der Waals surface area contributed by atoms with Crippen molar-refractivity contribution in [1.82, 2.24) is 4.98 Å². The van der Waals surface area contributed by atoms with Crippen molar-refractivity contribution in [3.8, 4) is 16.9 Å². The lowest BCUT2D eigenvalue weighted by atomic mass is 10.0. The van der Waals surface area contributed by atoms with Crippen LogP contribution in [0.1, 0.15) is 5.56 Å². The number of benzene rings is 1. The number of aliphatic hydroxyl groups is 1. The summed E-state index contributed by atoms with van der Waals surface area (Å²) in [5, 5.41) is 9.67. The van der Waals surface area contributed by atoms with E-state index < -0.39 is 0 Å². The average molecular weight is 250 g/mol. The Morgan fingerprint density at radius 2 is 2.00 bits per heavy atom. The predicted molar refractivity (Wildman–Crippen MR) is 67.2 cm³/mol. The minimum Gasteiger partial charge on any atom is -0.496 e. The van der Waals surface area contributed by atoms with E-state index in [2.05, 4.69) is 4.98 Å². The molecule has 0 amide bonds. The Morgan fingerprint density at radius 3 is 2.71 bits per heavy atom. The van der Waals surface area contributed by atoms with Gasteiger partial charge >= 0.3 is 0 Å². The van der Waals surface area contributed by atoms with Gasteiger partial charge in [-0.25, -0.2) is 4.98 Å². The first kappa shape index (κ1) is 11.9. The zero-order valence-corrected chi connectivity index (χ0v) is 10.1. The predicted octanol–water partition coefficient (Wildman–Crippen LogP) is 2.90. The van der Waals surface area contributed by atoms with Crippen molar-refractivity contribution >= 4 is 11.6 Å². The number of hydrogen-bond acceptors (Lipinski definition) is 3. The molecule has 1 heterocycles. The normalized spacial score (nSPS) is 10.3. The van der Waals surface area contributed by atoms with Crippen LogP contribution < -0.4 is 4.74 Å². The first-order chi connectivity index (χ1) is 8.27. The van der Waals surface area contributed by atoms with Crippen molar-refractivity contribution in [2.24, 2.45) is 0 Å². The summed E-state index contributed by atoms with van der Waals surface area (Å²) in [6.45, 7) is -0.153. The Balaban J connectivity index is 2.64. The van der Waals surface area contributed by atoms with Gasteiger partial charge in [0, 0.05) is 17.3 Å². The van der Waals surface area contributed by atoms with E-state index in [0.29, 0.717) is 10.7 Å². The zero-order chi connectivity index (χ0) is 12.3. The van der Waals surface area contributed by atoms with Crippen LogP contribution in [0.5, 0.6) is 5.75 Å². The Labute approximate surface area is 105 Å². The molecular weight excluding hydrogens is 238 g/mol. The third kappa shape index (κ3) is 2.25. The number of aliphatic hydroxyl groups excluding tert-OH is 1. The van der Waals surface area contributed by atoms with Crippen LogP contribution in [0.4, 0.5) is 0 Å². The van der Waals surface area contributed by atoms with Gasteiger partial charge in [0.05, 0.1) is 13.7 Å². The highest BCUT2D eigenvalue weighted by Crippen LogP contribution is 2.33. The quantitative estimate of drug-likeness (QED) is 0.851. The molecular formula is C13H12ClNO2. The summed E-state index contributed by atoms with van der Waals surface area (Å²) < 4.78 is 5.29. The summed E-state index contributed by atoms with van der Waals surface area (Å²) in [5.41, 5.74) is 2.34. The zero-order valence-electron chi connectivity index (χ0n) is 9.35. The van der Waals surface area contributed by atoms with Crippen LogP contribution in [-0.2, 0) is 6.61 Å². The number of halogens is 1. The molecule has 88 valence electrons. The molecule has 0 saturated carbocycles. The second-order valence-electron chi connectivity index (χ2n) is 3.49. The minimum atomic E-state index is -0.153. The van der Waals surface area contributed by atoms with Gasteiger partial charge in [-0.2, -0.15) is 0 Å². The van der Waals surface area contributed by atoms with Crippen LogP contribution in [0, 0.1) is 0 Å². The molecule has 0 aliphatic heterocycles. The smallest absolute Gasteiger partial charge is 0.135 e. The van der Waals surface area contributed by atoms with E-state index in [1.165, 1.54) is 0 Å². The first-order valence-corrected chi connectivity index (χ1v) is 5.53. The fourth-order valence-electron chi connectivity index (χ4n) is 1.74. The molecule has 2 aromatic rings. The van der Waals surface area contributed by atoms with Gasteiger partial charge < -0.3 is 9.84 Å². The van der Waals surface area contributed by atoms with E-state index in [9.17, 15) is 5.11 Å². The van der Waals surface area contributed by atoms with Gasteiger partial charge in [-0.1, -0.05) is 29.8 Å². The molecule has 17 heavy (non-hydrogen) atoms. The summed E-state index contributed by atoms with van der Waals surface area (Å²) in [6, 6.07) is 9.40. The highest BCUT2D eigenvalue weighted by molar-refractivity contribution is 6.30. The van der Waals surface area contributed by atoms with Gasteiger partial charge in [0.25, 0.3) is 0 Å². The van der Waals surface area contributed by atoms with E-state index in [0.717, 1.165) is 16.9 Å². The first-order valence-electron chi connectivity index (χ1n) is 5.15. The summed E-state index contributed by atoms with van der Waals surface area (Å²) >= 11 is 5.96. The Bertz CT molecular complexity index is 529. The molecule has 4 heteroatoms. The van der Waals surface area contributed by atoms with Crippen LogP contribution in [0.25, 0.3) is 11.1 Å². The number of para-hydroxylation sites is 1. The van der Waals surface area contributed by atoms with Crippen molar-refractivity contribution in [1.29, 1.82) is 0 Å². The number of hydrogen-bond donors (Lipinski definition) is 1. The third-order valence-electron chi connectivity index (χ3n) is 2.56. The SMILES string of the molecule is COc1ccccc1-c1ccnc(Cl)c1CO. The van der Waals surface area contributed by atoms with Gasteiger partial charge in [0.1, 0.15) is 10.9 Å². The van der Waals surface area contributed by atoms with Crippen LogP contribution in [-0.4, -0.2) is 17.2 Å². The summed E-state index contributed by atoms with van der Waals surface area (Å²) in [7, 11) is 1.61. The standard InChI is InChI=1S/C13H12ClNO2/c1-17-12-5-3-2-4-10(12)9-6-7-15-13(14)11(9)8-16/h2-7,16H,8H2,1H3. The van der Waals surface area contributed by atoms with Crippen molar-refractivity contribution in [3.05, 3.63) is 47.2 Å². The Morgan fingerprint density at radius 1 is 1.24 bits per heavy atom. The van der Waals surface area contributed by atoms with E-state index >= 15 is 0 Å². The van der Waals surface area contributed by atoms with Gasteiger partial charge in [-0.05, 0) is 17.7 Å². The maximum atomic E-state index is 9.36. The number of nitrogens with zero attached hydrogens (tertiary/aromatic N) is 1. The number of aromatic nitrogens is 1. The lowest BCUT2D eigenvalue weighted by Crippen LogP contribution is -1.95. The molecule has 0 atom stereocenters. The molecule has 0 unspecified atom stereocenters. The molecule has 0 radical (unpaired) electrons. The van der Waals surface area contributed by atoms with Crippen LogP contribution in [0.2, 0.25) is 5.15 Å². The molecule has 0 aliphatic rings. The van der Waals surface area contributed by atoms with Crippen molar-refractivity contribution < 1.29 is 9.84 Å². The monoisotopic (exact) mass is 249 g/mol. The maximum Gasteiger partial charge on any atom is 0.135 e. The van der Waals surface area contributed by atoms with E-state index in [1.54, 1.807) is 13.3 Å². The molecule has 1 aromatic carbocycles. The molecule has 0 aliphatic carbocycles. The molecule has 0 spiro atoms. The van der Waals surface area contributed by atoms with Gasteiger partial charge in [-0.15, -0.1) is 0 Å². The molecule has 1 aromatic heterocycles. The van der Waals surface area contributed by atoms with Gasteiger partial charge in [-0.3, -0.25) is 0 Å². The fourth-order valence-corrected chi connectivity index (χ4v) is 1.95. The van der Waals surface area contributed by atoms with Gasteiger partial charge in [0.15, 0.2) is 0 Å².